The zero-order valence-corrected chi connectivity index (χ0v) is 19.5. The lowest BCUT2D eigenvalue weighted by atomic mass is 10.1. The lowest BCUT2D eigenvalue weighted by Crippen LogP contribution is -2.41. The summed E-state index contributed by atoms with van der Waals surface area (Å²) in [5, 5.41) is 4.39. The van der Waals surface area contributed by atoms with E-state index < -0.39 is 17.2 Å². The number of para-hydroxylation sites is 1. The molecule has 0 radical (unpaired) electrons. The van der Waals surface area contributed by atoms with Gasteiger partial charge in [-0.25, -0.2) is 9.48 Å². The molecule has 2 heterocycles. The fourth-order valence-electron chi connectivity index (χ4n) is 3.86. The minimum atomic E-state index is -0.751. The molecule has 0 aliphatic heterocycles. The number of aromatic nitrogens is 4. The van der Waals surface area contributed by atoms with Crippen molar-refractivity contribution < 1.29 is 9.53 Å². The summed E-state index contributed by atoms with van der Waals surface area (Å²) in [4.78, 5) is 42.8. The average molecular weight is 475 g/mol. The topological polar surface area (TPSA) is 128 Å². The van der Waals surface area contributed by atoms with Gasteiger partial charge in [0.2, 0.25) is 0 Å². The van der Waals surface area contributed by atoms with Gasteiger partial charge in [-0.3, -0.25) is 24.0 Å². The third-order valence-electron chi connectivity index (χ3n) is 5.67. The van der Waals surface area contributed by atoms with E-state index >= 15 is 0 Å². The summed E-state index contributed by atoms with van der Waals surface area (Å²) in [6, 6.07) is 18.6. The SMILES string of the molecule is COCCn1c(N)c(N(Cc2ccccc2)C(=O)c2cnn(-c3ccccc3)c2C)c(=O)[nH]c1=O. The number of aromatic amines is 1. The van der Waals surface area contributed by atoms with Crippen LogP contribution in [-0.2, 0) is 17.8 Å². The Morgan fingerprint density at radius 3 is 2.40 bits per heavy atom. The van der Waals surface area contributed by atoms with Gasteiger partial charge in [-0.15, -0.1) is 0 Å². The lowest BCUT2D eigenvalue weighted by molar-refractivity contribution is 0.0984. The van der Waals surface area contributed by atoms with Crippen molar-refractivity contribution in [1.29, 1.82) is 0 Å². The van der Waals surface area contributed by atoms with Crippen molar-refractivity contribution in [3.8, 4) is 5.69 Å². The Morgan fingerprint density at radius 1 is 1.09 bits per heavy atom. The van der Waals surface area contributed by atoms with E-state index in [0.717, 1.165) is 11.3 Å². The van der Waals surface area contributed by atoms with Crippen LogP contribution in [0.15, 0.2) is 76.4 Å². The van der Waals surface area contributed by atoms with Crippen LogP contribution < -0.4 is 21.9 Å². The molecule has 0 saturated heterocycles. The summed E-state index contributed by atoms with van der Waals surface area (Å²) >= 11 is 0. The predicted molar refractivity (Wildman–Crippen MR) is 133 cm³/mol. The number of benzene rings is 2. The molecule has 1 amide bonds. The number of H-pyrrole nitrogens is 1. The highest BCUT2D eigenvalue weighted by atomic mass is 16.5. The van der Waals surface area contributed by atoms with Gasteiger partial charge in [-0.2, -0.15) is 5.10 Å². The summed E-state index contributed by atoms with van der Waals surface area (Å²) in [6.45, 7) is 2.15. The number of nitrogens with one attached hydrogen (secondary N) is 1. The Balaban J connectivity index is 1.84. The zero-order chi connectivity index (χ0) is 24.9. The van der Waals surface area contributed by atoms with Gasteiger partial charge in [0.1, 0.15) is 5.82 Å². The third-order valence-corrected chi connectivity index (χ3v) is 5.67. The van der Waals surface area contributed by atoms with Crippen molar-refractivity contribution >= 4 is 17.4 Å². The molecule has 0 saturated carbocycles. The van der Waals surface area contributed by atoms with Gasteiger partial charge in [0.05, 0.1) is 42.8 Å². The van der Waals surface area contributed by atoms with Crippen LogP contribution in [0.3, 0.4) is 0 Å². The molecule has 0 aliphatic carbocycles. The first kappa shape index (κ1) is 23.7. The number of carbonyl (C=O) groups is 1. The summed E-state index contributed by atoms with van der Waals surface area (Å²) in [5.41, 5.74) is 7.25. The Labute approximate surface area is 201 Å². The van der Waals surface area contributed by atoms with E-state index in [1.807, 2.05) is 60.7 Å². The second kappa shape index (κ2) is 10.2. The molecule has 2 aromatic heterocycles. The van der Waals surface area contributed by atoms with Gasteiger partial charge in [0, 0.05) is 7.11 Å². The monoisotopic (exact) mass is 474 g/mol. The van der Waals surface area contributed by atoms with E-state index in [0.29, 0.717) is 11.3 Å². The third kappa shape index (κ3) is 4.78. The number of nitrogens with zero attached hydrogens (tertiary/aromatic N) is 4. The van der Waals surface area contributed by atoms with Crippen LogP contribution in [0.1, 0.15) is 21.6 Å². The quantitative estimate of drug-likeness (QED) is 0.403. The number of rotatable bonds is 8. The first-order valence-electron chi connectivity index (χ1n) is 11.0. The minimum Gasteiger partial charge on any atom is -0.383 e. The van der Waals surface area contributed by atoms with Crippen LogP contribution in [0, 0.1) is 6.92 Å². The van der Waals surface area contributed by atoms with Crippen LogP contribution in [0.4, 0.5) is 11.5 Å². The van der Waals surface area contributed by atoms with E-state index in [2.05, 4.69) is 10.1 Å². The molecule has 3 N–H and O–H groups in total. The van der Waals surface area contributed by atoms with Gasteiger partial charge in [0.15, 0.2) is 5.69 Å². The first-order valence-corrected chi connectivity index (χ1v) is 11.0. The molecule has 0 aliphatic rings. The van der Waals surface area contributed by atoms with E-state index in [1.54, 1.807) is 11.6 Å². The van der Waals surface area contributed by atoms with E-state index in [4.69, 9.17) is 10.5 Å². The number of anilines is 2. The Bertz CT molecular complexity index is 1440. The standard InChI is InChI=1S/C25H26N6O4/c1-17-20(15-27-31(17)19-11-7-4-8-12-19)24(33)30(16-18-9-5-3-6-10-18)21-22(26)29(13-14-35-2)25(34)28-23(21)32/h3-12,15H,13-14,16,26H2,1-2H3,(H,28,32,34). The molecule has 0 unspecified atom stereocenters. The Kier molecular flexibility index (Phi) is 6.93. The van der Waals surface area contributed by atoms with Crippen LogP contribution in [-0.4, -0.2) is 39.0 Å². The van der Waals surface area contributed by atoms with Crippen LogP contribution in [0.25, 0.3) is 5.69 Å². The molecular weight excluding hydrogens is 448 g/mol. The van der Waals surface area contributed by atoms with E-state index in [9.17, 15) is 14.4 Å². The number of nitrogen functional groups attached to an aromatic ring is 1. The predicted octanol–water partition coefficient (Wildman–Crippen LogP) is 2.11. The fourth-order valence-corrected chi connectivity index (χ4v) is 3.86. The van der Waals surface area contributed by atoms with Gasteiger partial charge in [-0.1, -0.05) is 48.5 Å². The largest absolute Gasteiger partial charge is 0.383 e. The van der Waals surface area contributed by atoms with Crippen LogP contribution in [0.2, 0.25) is 0 Å². The summed E-state index contributed by atoms with van der Waals surface area (Å²) in [6.07, 6.45) is 1.47. The average Bonchev–Trinajstić information content (AvgIpc) is 3.25. The molecule has 4 aromatic rings. The van der Waals surface area contributed by atoms with Gasteiger partial charge >= 0.3 is 5.69 Å². The normalized spacial score (nSPS) is 10.9. The molecule has 35 heavy (non-hydrogen) atoms. The number of hydrogen-bond donors (Lipinski definition) is 2. The number of ether oxygens (including phenoxy) is 1. The molecule has 0 spiro atoms. The molecule has 4 rings (SSSR count). The first-order chi connectivity index (χ1) is 16.9. The van der Waals surface area contributed by atoms with Gasteiger partial charge < -0.3 is 10.5 Å². The second-order valence-electron chi connectivity index (χ2n) is 7.91. The van der Waals surface area contributed by atoms with Crippen molar-refractivity contribution in [2.75, 3.05) is 24.4 Å². The van der Waals surface area contributed by atoms with Crippen molar-refractivity contribution in [2.45, 2.75) is 20.0 Å². The molecule has 10 nitrogen and oxygen atoms in total. The molecule has 2 aromatic carbocycles. The maximum absolute atomic E-state index is 13.9. The smallest absolute Gasteiger partial charge is 0.330 e. The van der Waals surface area contributed by atoms with Crippen molar-refractivity contribution in [3.05, 3.63) is 105 Å². The van der Waals surface area contributed by atoms with Crippen molar-refractivity contribution in [2.24, 2.45) is 0 Å². The molecule has 0 bridgehead atoms. The highest BCUT2D eigenvalue weighted by Crippen LogP contribution is 2.24. The minimum absolute atomic E-state index is 0.0609. The molecule has 0 fully saturated rings. The maximum atomic E-state index is 13.9. The summed E-state index contributed by atoms with van der Waals surface area (Å²) in [7, 11) is 1.49. The Hall–Kier alpha value is -4.44. The highest BCUT2D eigenvalue weighted by Gasteiger charge is 2.28. The summed E-state index contributed by atoms with van der Waals surface area (Å²) in [5.74, 6) is -0.587. The maximum Gasteiger partial charge on any atom is 0.330 e. The van der Waals surface area contributed by atoms with E-state index in [1.165, 1.54) is 22.8 Å². The summed E-state index contributed by atoms with van der Waals surface area (Å²) < 4.78 is 7.90. The molecule has 180 valence electrons. The number of amides is 1. The second-order valence-corrected chi connectivity index (χ2v) is 7.91. The zero-order valence-electron chi connectivity index (χ0n) is 19.5. The highest BCUT2D eigenvalue weighted by molar-refractivity contribution is 6.07. The number of hydrogen-bond acceptors (Lipinski definition) is 6. The number of methoxy groups -OCH3 is 1. The van der Waals surface area contributed by atoms with E-state index in [-0.39, 0.29) is 31.2 Å². The number of nitrogens with two attached hydrogens (primary N) is 1. The number of carbonyl (C=O) groups excluding carboxylic acids is 1. The van der Waals surface area contributed by atoms with Crippen molar-refractivity contribution in [1.82, 2.24) is 19.3 Å². The molecule has 0 atom stereocenters. The molecule has 10 heteroatoms. The van der Waals surface area contributed by atoms with Crippen LogP contribution in [0.5, 0.6) is 0 Å². The Morgan fingerprint density at radius 2 is 1.74 bits per heavy atom. The fraction of sp³-hybridized carbons (Fsp3) is 0.200. The van der Waals surface area contributed by atoms with Crippen LogP contribution >= 0.6 is 0 Å². The lowest BCUT2D eigenvalue weighted by Gasteiger charge is -2.24. The van der Waals surface area contributed by atoms with Crippen molar-refractivity contribution in [3.63, 3.8) is 0 Å². The molecular formula is C25H26N6O4. The van der Waals surface area contributed by atoms with Gasteiger partial charge in [-0.05, 0) is 24.6 Å². The van der Waals surface area contributed by atoms with Gasteiger partial charge in [0.25, 0.3) is 11.5 Å².